The number of carbonyl (C=O) groups is 1. The number of benzene rings is 2. The van der Waals surface area contributed by atoms with Gasteiger partial charge >= 0.3 is 0 Å². The van der Waals surface area contributed by atoms with Gasteiger partial charge < -0.3 is 10.6 Å². The molecule has 0 radical (unpaired) electrons. The summed E-state index contributed by atoms with van der Waals surface area (Å²) in [5.74, 6) is 0.0991. The number of rotatable bonds is 7. The van der Waals surface area contributed by atoms with Crippen LogP contribution >= 0.6 is 0 Å². The highest BCUT2D eigenvalue weighted by Gasteiger charge is 2.22. The topological polar surface area (TPSA) is 88.9 Å². The number of nitrogens with two attached hydrogens (primary N) is 1. The summed E-state index contributed by atoms with van der Waals surface area (Å²) < 4.78 is 0. The summed E-state index contributed by atoms with van der Waals surface area (Å²) in [7, 11) is 0. The highest BCUT2D eigenvalue weighted by molar-refractivity contribution is 5.94. The summed E-state index contributed by atoms with van der Waals surface area (Å²) >= 11 is 0. The van der Waals surface area contributed by atoms with Crippen LogP contribution in [0.4, 0.5) is 11.4 Å². The minimum atomic E-state index is -0.479. The maximum Gasteiger partial charge on any atom is 0.293 e. The van der Waals surface area contributed by atoms with Crippen LogP contribution in [0.2, 0.25) is 0 Å². The molecule has 132 valence electrons. The number of anilines is 1. The fourth-order valence-corrected chi connectivity index (χ4v) is 2.86. The van der Waals surface area contributed by atoms with Crippen LogP contribution < -0.4 is 10.6 Å². The highest BCUT2D eigenvalue weighted by Crippen LogP contribution is 2.27. The zero-order valence-electron chi connectivity index (χ0n) is 14.7. The van der Waals surface area contributed by atoms with Gasteiger partial charge in [0, 0.05) is 17.5 Å². The Balaban J connectivity index is 2.07. The van der Waals surface area contributed by atoms with Gasteiger partial charge in [-0.3, -0.25) is 14.9 Å². The molecule has 25 heavy (non-hydrogen) atoms. The van der Waals surface area contributed by atoms with Gasteiger partial charge in [-0.1, -0.05) is 56.3 Å². The lowest BCUT2D eigenvalue weighted by atomic mass is 9.96. The van der Waals surface area contributed by atoms with Gasteiger partial charge in [0.15, 0.2) is 6.54 Å². The van der Waals surface area contributed by atoms with E-state index >= 15 is 0 Å². The molecule has 0 spiro atoms. The van der Waals surface area contributed by atoms with Crippen molar-refractivity contribution in [2.75, 3.05) is 11.9 Å². The molecule has 0 bridgehead atoms. The standard InChI is InChI=1S/C19H23N3O3/c1-13(2)18(15-9-5-4-6-10-15)20-12-17(23)21-19-14(3)8-7-11-16(19)22(24)25/h4-11,13,18,20H,12H2,1-3H3,(H,21,23)/p+1/t18-/m0/s1. The first-order valence-electron chi connectivity index (χ1n) is 8.32. The van der Waals surface area contributed by atoms with E-state index in [1.165, 1.54) is 6.07 Å². The largest absolute Gasteiger partial charge is 0.332 e. The lowest BCUT2D eigenvalue weighted by molar-refractivity contribution is -0.692. The summed E-state index contributed by atoms with van der Waals surface area (Å²) in [5.41, 5.74) is 2.02. The Hall–Kier alpha value is -2.73. The number of amides is 1. The van der Waals surface area contributed by atoms with Crippen molar-refractivity contribution in [2.24, 2.45) is 5.92 Å². The van der Waals surface area contributed by atoms with E-state index in [-0.39, 0.29) is 29.9 Å². The smallest absolute Gasteiger partial charge is 0.293 e. The van der Waals surface area contributed by atoms with E-state index in [0.29, 0.717) is 11.5 Å². The molecule has 0 aliphatic heterocycles. The first kappa shape index (κ1) is 18.6. The molecule has 0 unspecified atom stereocenters. The fraction of sp³-hybridized carbons (Fsp3) is 0.316. The third-order valence-electron chi connectivity index (χ3n) is 4.17. The van der Waals surface area contributed by atoms with Crippen molar-refractivity contribution in [3.05, 3.63) is 69.8 Å². The Morgan fingerprint density at radius 1 is 1.16 bits per heavy atom. The Morgan fingerprint density at radius 2 is 1.84 bits per heavy atom. The second kappa shape index (κ2) is 8.39. The first-order chi connectivity index (χ1) is 11.9. The van der Waals surface area contributed by atoms with Gasteiger partial charge in [0.05, 0.1) is 4.92 Å². The van der Waals surface area contributed by atoms with E-state index in [0.717, 1.165) is 5.56 Å². The average Bonchev–Trinajstić information content (AvgIpc) is 2.57. The summed E-state index contributed by atoms with van der Waals surface area (Å²) in [5, 5.41) is 15.8. The number of nitrogens with zero attached hydrogens (tertiary/aromatic N) is 1. The molecule has 1 atom stereocenters. The van der Waals surface area contributed by atoms with E-state index in [4.69, 9.17) is 0 Å². The van der Waals surface area contributed by atoms with Gasteiger partial charge in [0.2, 0.25) is 0 Å². The first-order valence-corrected chi connectivity index (χ1v) is 8.32. The molecule has 3 N–H and O–H groups in total. The van der Waals surface area contributed by atoms with Crippen LogP contribution in [0.15, 0.2) is 48.5 Å². The van der Waals surface area contributed by atoms with E-state index < -0.39 is 4.92 Å². The molecule has 0 heterocycles. The summed E-state index contributed by atoms with van der Waals surface area (Å²) in [6.07, 6.45) is 0. The predicted molar refractivity (Wildman–Crippen MR) is 97.3 cm³/mol. The Kier molecular flexibility index (Phi) is 6.25. The molecule has 6 nitrogen and oxygen atoms in total. The summed E-state index contributed by atoms with van der Waals surface area (Å²) in [6.45, 7) is 6.16. The second-order valence-electron chi connectivity index (χ2n) is 6.39. The molecule has 0 aromatic heterocycles. The van der Waals surface area contributed by atoms with Gasteiger partial charge in [-0.25, -0.2) is 0 Å². The second-order valence-corrected chi connectivity index (χ2v) is 6.39. The molecule has 2 rings (SSSR count). The van der Waals surface area contributed by atoms with Crippen LogP contribution in [0.3, 0.4) is 0 Å². The Labute approximate surface area is 147 Å². The van der Waals surface area contributed by atoms with Gasteiger partial charge in [0.25, 0.3) is 11.6 Å². The van der Waals surface area contributed by atoms with Gasteiger partial charge in [-0.05, 0) is 12.5 Å². The van der Waals surface area contributed by atoms with Crippen molar-refractivity contribution in [2.45, 2.75) is 26.8 Å². The molecule has 0 saturated heterocycles. The number of nitro groups is 1. The molecule has 6 heteroatoms. The maximum atomic E-state index is 12.3. The molecule has 0 aliphatic rings. The third-order valence-corrected chi connectivity index (χ3v) is 4.17. The Bertz CT molecular complexity index is 745. The van der Waals surface area contributed by atoms with Crippen LogP contribution in [-0.2, 0) is 4.79 Å². The third kappa shape index (κ3) is 4.87. The van der Waals surface area contributed by atoms with Crippen molar-refractivity contribution in [1.82, 2.24) is 0 Å². The SMILES string of the molecule is Cc1cccc([N+](=O)[O-])c1NC(=O)C[NH2+][C@H](c1ccccc1)C(C)C. The number of aryl methyl sites for hydroxylation is 1. The average molecular weight is 342 g/mol. The molecular formula is C19H24N3O3+. The quantitative estimate of drug-likeness (QED) is 0.599. The van der Waals surface area contributed by atoms with Gasteiger partial charge in [-0.15, -0.1) is 0 Å². The van der Waals surface area contributed by atoms with Gasteiger partial charge in [0.1, 0.15) is 11.7 Å². The molecule has 2 aromatic rings. The molecule has 1 amide bonds. The molecule has 0 aliphatic carbocycles. The molecule has 0 fully saturated rings. The fourth-order valence-electron chi connectivity index (χ4n) is 2.86. The van der Waals surface area contributed by atoms with Crippen molar-refractivity contribution in [3.63, 3.8) is 0 Å². The normalized spacial score (nSPS) is 12.0. The van der Waals surface area contributed by atoms with Crippen LogP contribution in [0.5, 0.6) is 0 Å². The number of para-hydroxylation sites is 1. The van der Waals surface area contributed by atoms with Crippen molar-refractivity contribution in [3.8, 4) is 0 Å². The van der Waals surface area contributed by atoms with Gasteiger partial charge in [-0.2, -0.15) is 0 Å². The number of carbonyl (C=O) groups excluding carboxylic acids is 1. The number of hydrogen-bond acceptors (Lipinski definition) is 3. The lowest BCUT2D eigenvalue weighted by Gasteiger charge is -2.19. The van der Waals surface area contributed by atoms with Crippen LogP contribution in [-0.4, -0.2) is 17.4 Å². The zero-order valence-corrected chi connectivity index (χ0v) is 14.7. The summed E-state index contributed by atoms with van der Waals surface area (Å²) in [4.78, 5) is 23.0. The zero-order chi connectivity index (χ0) is 18.4. The highest BCUT2D eigenvalue weighted by atomic mass is 16.6. The van der Waals surface area contributed by atoms with Crippen molar-refractivity contribution < 1.29 is 15.0 Å². The Morgan fingerprint density at radius 3 is 2.44 bits per heavy atom. The molecule has 0 saturated carbocycles. The number of quaternary nitrogens is 1. The van der Waals surface area contributed by atoms with E-state index in [2.05, 4.69) is 19.2 Å². The maximum absolute atomic E-state index is 12.3. The number of nitro benzene ring substituents is 1. The van der Waals surface area contributed by atoms with Crippen LogP contribution in [0.1, 0.15) is 31.0 Å². The lowest BCUT2D eigenvalue weighted by Crippen LogP contribution is -2.88. The number of nitrogens with one attached hydrogen (secondary N) is 1. The van der Waals surface area contributed by atoms with E-state index in [1.54, 1.807) is 19.1 Å². The van der Waals surface area contributed by atoms with Crippen LogP contribution in [0.25, 0.3) is 0 Å². The molecular weight excluding hydrogens is 318 g/mol. The minimum absolute atomic E-state index is 0.0863. The van der Waals surface area contributed by atoms with Crippen molar-refractivity contribution in [1.29, 1.82) is 0 Å². The molecule has 2 aromatic carbocycles. The monoisotopic (exact) mass is 342 g/mol. The van der Waals surface area contributed by atoms with Crippen LogP contribution in [0, 0.1) is 23.0 Å². The number of hydrogen-bond donors (Lipinski definition) is 2. The van der Waals surface area contributed by atoms with E-state index in [9.17, 15) is 14.9 Å². The summed E-state index contributed by atoms with van der Waals surface area (Å²) in [6, 6.07) is 14.9. The van der Waals surface area contributed by atoms with Crippen molar-refractivity contribution >= 4 is 17.3 Å². The predicted octanol–water partition coefficient (Wildman–Crippen LogP) is 2.80. The van der Waals surface area contributed by atoms with E-state index in [1.807, 2.05) is 35.6 Å². The minimum Gasteiger partial charge on any atom is -0.332 e.